The smallest absolute Gasteiger partial charge is 0.270 e. The largest absolute Gasteiger partial charge is 0.317 e. The number of hydrogen-bond donors (Lipinski definition) is 1. The molecule has 2 aromatic carbocycles. The lowest BCUT2D eigenvalue weighted by atomic mass is 10.1. The van der Waals surface area contributed by atoms with Crippen molar-refractivity contribution in [1.29, 1.82) is 0 Å². The van der Waals surface area contributed by atoms with Crippen molar-refractivity contribution in [3.63, 3.8) is 0 Å². The topological polar surface area (TPSA) is 54.3 Å². The fourth-order valence-electron chi connectivity index (χ4n) is 3.26. The summed E-state index contributed by atoms with van der Waals surface area (Å²) in [5.74, 6) is -0.939. The Hall–Kier alpha value is -3.51. The number of para-hydroxylation sites is 1. The van der Waals surface area contributed by atoms with E-state index in [1.807, 2.05) is 77.5 Å². The zero-order valence-corrected chi connectivity index (χ0v) is 16.6. The number of anilines is 1. The van der Waals surface area contributed by atoms with Crippen LogP contribution in [-0.4, -0.2) is 21.5 Å². The van der Waals surface area contributed by atoms with E-state index in [0.29, 0.717) is 5.69 Å². The first-order valence-electron chi connectivity index (χ1n) is 9.31. The lowest BCUT2D eigenvalue weighted by Gasteiger charge is -2.29. The van der Waals surface area contributed by atoms with Crippen LogP contribution in [0.3, 0.4) is 0 Å². The van der Waals surface area contributed by atoms with Crippen molar-refractivity contribution in [2.75, 3.05) is 4.90 Å². The monoisotopic (exact) mass is 401 g/mol. The minimum absolute atomic E-state index is 0.0362. The normalized spacial score (nSPS) is 15.7. The Morgan fingerprint density at radius 1 is 0.931 bits per heavy atom. The van der Waals surface area contributed by atoms with E-state index in [-0.39, 0.29) is 10.7 Å². The second-order valence-electron chi connectivity index (χ2n) is 6.62. The molecule has 1 aliphatic heterocycles. The van der Waals surface area contributed by atoms with Crippen LogP contribution in [0.5, 0.6) is 0 Å². The zero-order valence-electron chi connectivity index (χ0n) is 15.8. The van der Waals surface area contributed by atoms with Gasteiger partial charge in [-0.2, -0.15) is 0 Å². The van der Waals surface area contributed by atoms with Gasteiger partial charge in [-0.15, -0.1) is 0 Å². The molecule has 1 aromatic heterocycles. The molecule has 29 heavy (non-hydrogen) atoms. The summed E-state index contributed by atoms with van der Waals surface area (Å²) in [5, 5.41) is 2.71. The summed E-state index contributed by atoms with van der Waals surface area (Å²) < 4.78 is 1.92. The molecule has 144 valence electrons. The summed E-state index contributed by atoms with van der Waals surface area (Å²) in [7, 11) is 0. The highest BCUT2D eigenvalue weighted by atomic mass is 32.1. The van der Waals surface area contributed by atoms with E-state index < -0.39 is 11.8 Å². The molecule has 0 aliphatic carbocycles. The lowest BCUT2D eigenvalue weighted by Crippen LogP contribution is -2.54. The van der Waals surface area contributed by atoms with E-state index >= 15 is 0 Å². The van der Waals surface area contributed by atoms with E-state index in [0.717, 1.165) is 23.4 Å². The highest BCUT2D eigenvalue weighted by Crippen LogP contribution is 2.23. The van der Waals surface area contributed by atoms with Crippen LogP contribution in [0.4, 0.5) is 5.69 Å². The standard InChI is InChI=1S/C23H19N3O2S/c1-2-16-10-12-18(13-11-16)26-22(28)20(21(27)24-23(26)29)15-19-9-6-14-25(19)17-7-4-3-5-8-17/h3-15H,2H2,1H3,(H,24,27,29)/b20-15+. The molecule has 3 aromatic rings. The number of aromatic nitrogens is 1. The molecule has 1 N–H and O–H groups in total. The second-order valence-corrected chi connectivity index (χ2v) is 7.00. The number of rotatable bonds is 4. The maximum Gasteiger partial charge on any atom is 0.270 e. The number of benzene rings is 2. The number of carbonyl (C=O) groups excluding carboxylic acids is 2. The van der Waals surface area contributed by atoms with Crippen LogP contribution < -0.4 is 10.2 Å². The van der Waals surface area contributed by atoms with Gasteiger partial charge in [-0.25, -0.2) is 0 Å². The predicted octanol–water partition coefficient (Wildman–Crippen LogP) is 3.87. The molecule has 0 radical (unpaired) electrons. The van der Waals surface area contributed by atoms with Gasteiger partial charge in [0.25, 0.3) is 11.8 Å². The lowest BCUT2D eigenvalue weighted by molar-refractivity contribution is -0.122. The molecule has 2 amide bonds. The van der Waals surface area contributed by atoms with Crippen LogP contribution in [0, 0.1) is 0 Å². The summed E-state index contributed by atoms with van der Waals surface area (Å²) in [6.07, 6.45) is 4.38. The van der Waals surface area contributed by atoms with Crippen molar-refractivity contribution < 1.29 is 9.59 Å². The summed E-state index contributed by atoms with van der Waals surface area (Å²) in [6.45, 7) is 2.06. The molecule has 0 atom stereocenters. The van der Waals surface area contributed by atoms with Crippen molar-refractivity contribution in [1.82, 2.24) is 9.88 Å². The van der Waals surface area contributed by atoms with Crippen LogP contribution in [-0.2, 0) is 16.0 Å². The summed E-state index contributed by atoms with van der Waals surface area (Å²) in [4.78, 5) is 27.1. The van der Waals surface area contributed by atoms with Crippen molar-refractivity contribution in [3.8, 4) is 5.69 Å². The van der Waals surface area contributed by atoms with Crippen molar-refractivity contribution in [2.24, 2.45) is 0 Å². The van der Waals surface area contributed by atoms with Crippen LogP contribution in [0.15, 0.2) is 78.5 Å². The molecule has 1 fully saturated rings. The third-order valence-electron chi connectivity index (χ3n) is 4.81. The first-order chi connectivity index (χ1) is 14.1. The highest BCUT2D eigenvalue weighted by Gasteiger charge is 2.34. The van der Waals surface area contributed by atoms with Gasteiger partial charge in [-0.1, -0.05) is 37.3 Å². The first-order valence-corrected chi connectivity index (χ1v) is 9.72. The Labute approximate surface area is 174 Å². The summed E-state index contributed by atoms with van der Waals surface area (Å²) in [5.41, 5.74) is 3.49. The highest BCUT2D eigenvalue weighted by molar-refractivity contribution is 7.80. The van der Waals surface area contributed by atoms with Crippen LogP contribution in [0.2, 0.25) is 0 Å². The number of amides is 2. The molecular formula is C23H19N3O2S. The summed E-state index contributed by atoms with van der Waals surface area (Å²) in [6, 6.07) is 21.0. The molecule has 1 aliphatic rings. The van der Waals surface area contributed by atoms with Crippen molar-refractivity contribution >= 4 is 40.9 Å². The SMILES string of the molecule is CCc1ccc(N2C(=O)/C(=C/c3cccn3-c3ccccc3)C(=O)NC2=S)cc1. The fourth-order valence-corrected chi connectivity index (χ4v) is 3.54. The van der Waals surface area contributed by atoms with Gasteiger partial charge in [-0.05, 0) is 66.7 Å². The third kappa shape index (κ3) is 3.62. The van der Waals surface area contributed by atoms with Crippen molar-refractivity contribution in [3.05, 3.63) is 89.8 Å². The Kier molecular flexibility index (Phi) is 5.10. The molecular weight excluding hydrogens is 382 g/mol. The van der Waals surface area contributed by atoms with Gasteiger partial charge in [0.05, 0.1) is 5.69 Å². The molecule has 5 nitrogen and oxygen atoms in total. The summed E-state index contributed by atoms with van der Waals surface area (Å²) >= 11 is 5.27. The molecule has 0 spiro atoms. The Morgan fingerprint density at radius 3 is 2.34 bits per heavy atom. The molecule has 2 heterocycles. The third-order valence-corrected chi connectivity index (χ3v) is 5.10. The molecule has 0 saturated carbocycles. The number of hydrogen-bond acceptors (Lipinski definition) is 3. The minimum Gasteiger partial charge on any atom is -0.317 e. The molecule has 0 bridgehead atoms. The Morgan fingerprint density at radius 2 is 1.66 bits per heavy atom. The van der Waals surface area contributed by atoms with E-state index in [1.54, 1.807) is 6.08 Å². The van der Waals surface area contributed by atoms with Gasteiger partial charge < -0.3 is 4.57 Å². The van der Waals surface area contributed by atoms with Gasteiger partial charge in [0.2, 0.25) is 0 Å². The van der Waals surface area contributed by atoms with E-state index in [1.165, 1.54) is 4.90 Å². The average Bonchev–Trinajstić information content (AvgIpc) is 3.20. The van der Waals surface area contributed by atoms with Gasteiger partial charge >= 0.3 is 0 Å². The average molecular weight is 401 g/mol. The zero-order chi connectivity index (χ0) is 20.4. The van der Waals surface area contributed by atoms with Gasteiger partial charge in [0, 0.05) is 17.6 Å². The maximum atomic E-state index is 13.2. The molecule has 6 heteroatoms. The van der Waals surface area contributed by atoms with Gasteiger partial charge in [0.1, 0.15) is 5.57 Å². The fraction of sp³-hybridized carbons (Fsp3) is 0.0870. The van der Waals surface area contributed by atoms with Crippen LogP contribution in [0.1, 0.15) is 18.2 Å². The quantitative estimate of drug-likeness (QED) is 0.410. The van der Waals surface area contributed by atoms with E-state index in [9.17, 15) is 9.59 Å². The molecule has 4 rings (SSSR count). The number of thiocarbonyl (C=S) groups is 1. The van der Waals surface area contributed by atoms with Gasteiger partial charge in [-0.3, -0.25) is 19.8 Å². The molecule has 0 unspecified atom stereocenters. The van der Waals surface area contributed by atoms with Gasteiger partial charge in [0.15, 0.2) is 5.11 Å². The van der Waals surface area contributed by atoms with Crippen LogP contribution in [0.25, 0.3) is 11.8 Å². The number of aryl methyl sites for hydroxylation is 1. The van der Waals surface area contributed by atoms with Crippen molar-refractivity contribution in [2.45, 2.75) is 13.3 Å². The number of nitrogens with one attached hydrogen (secondary N) is 1. The first kappa shape index (κ1) is 18.8. The minimum atomic E-state index is -0.498. The predicted molar refractivity (Wildman–Crippen MR) is 118 cm³/mol. The van der Waals surface area contributed by atoms with Crippen LogP contribution >= 0.6 is 12.2 Å². The Bertz CT molecular complexity index is 1110. The number of carbonyl (C=O) groups is 2. The Balaban J connectivity index is 1.72. The second kappa shape index (κ2) is 7.85. The van der Waals surface area contributed by atoms with E-state index in [2.05, 4.69) is 12.2 Å². The number of nitrogens with zero attached hydrogens (tertiary/aromatic N) is 2. The molecule has 1 saturated heterocycles. The van der Waals surface area contributed by atoms with E-state index in [4.69, 9.17) is 12.2 Å². The maximum absolute atomic E-state index is 13.2.